The number of benzene rings is 2. The maximum absolute atomic E-state index is 13.9. The molecule has 3 heterocycles. The minimum absolute atomic E-state index is 0.00980. The summed E-state index contributed by atoms with van der Waals surface area (Å²) >= 11 is 12.5. The van der Waals surface area contributed by atoms with E-state index in [1.54, 1.807) is 17.0 Å². The van der Waals surface area contributed by atoms with Crippen molar-refractivity contribution >= 4 is 35.1 Å². The monoisotopic (exact) mass is 572 g/mol. The van der Waals surface area contributed by atoms with Crippen LogP contribution in [0.25, 0.3) is 0 Å². The molecule has 7 nitrogen and oxygen atoms in total. The third-order valence-electron chi connectivity index (χ3n) is 9.09. The average molecular weight is 574 g/mol. The highest BCUT2D eigenvalue weighted by molar-refractivity contribution is 6.35. The van der Waals surface area contributed by atoms with Crippen molar-refractivity contribution < 1.29 is 24.2 Å². The Labute approximate surface area is 239 Å². The number of piperidine rings is 1. The maximum atomic E-state index is 13.9. The molecule has 2 saturated heterocycles. The SMILES string of the molecule is C[C@H]1CN([C@@H]2CC[C@@](C(=O)N3COc4c(Cl)cc(Cl)cc4C3)(C3CC3)OC2)CC[C@@H]1c1cccc(C(=O)O)c1. The molecule has 2 aromatic rings. The molecule has 39 heavy (non-hydrogen) atoms. The number of ether oxygens (including phenoxy) is 2. The number of halogens is 2. The predicted molar refractivity (Wildman–Crippen MR) is 148 cm³/mol. The largest absolute Gasteiger partial charge is 0.478 e. The number of carboxylic acids is 1. The van der Waals surface area contributed by atoms with Gasteiger partial charge in [0.2, 0.25) is 0 Å². The van der Waals surface area contributed by atoms with Gasteiger partial charge in [-0.3, -0.25) is 9.69 Å². The molecule has 0 spiro atoms. The van der Waals surface area contributed by atoms with Gasteiger partial charge in [-0.2, -0.15) is 0 Å². The lowest BCUT2D eigenvalue weighted by Gasteiger charge is -2.47. The van der Waals surface area contributed by atoms with Crippen molar-refractivity contribution in [2.45, 2.75) is 63.1 Å². The molecular weight excluding hydrogens is 539 g/mol. The molecule has 1 N–H and O–H groups in total. The van der Waals surface area contributed by atoms with Gasteiger partial charge in [-0.25, -0.2) is 4.79 Å². The van der Waals surface area contributed by atoms with Gasteiger partial charge in [-0.15, -0.1) is 0 Å². The van der Waals surface area contributed by atoms with Crippen LogP contribution in [0, 0.1) is 11.8 Å². The molecule has 0 radical (unpaired) electrons. The first-order chi connectivity index (χ1) is 18.7. The van der Waals surface area contributed by atoms with E-state index in [4.69, 9.17) is 32.7 Å². The summed E-state index contributed by atoms with van der Waals surface area (Å²) in [5, 5.41) is 10.4. The van der Waals surface area contributed by atoms with Crippen molar-refractivity contribution in [1.29, 1.82) is 0 Å². The Balaban J connectivity index is 1.10. The minimum Gasteiger partial charge on any atom is -0.478 e. The van der Waals surface area contributed by atoms with Crippen LogP contribution in [0.1, 0.15) is 66.4 Å². The number of amides is 1. The second-order valence-electron chi connectivity index (χ2n) is 11.6. The number of carbonyl (C=O) groups excluding carboxylic acids is 1. The van der Waals surface area contributed by atoms with Crippen LogP contribution in [-0.4, -0.2) is 64.9 Å². The summed E-state index contributed by atoms with van der Waals surface area (Å²) in [5.41, 5.74) is 1.48. The van der Waals surface area contributed by atoms with E-state index in [-0.39, 0.29) is 24.6 Å². The van der Waals surface area contributed by atoms with Gasteiger partial charge < -0.3 is 19.5 Å². The Kier molecular flexibility index (Phi) is 7.29. The number of carboxylic acid groups (broad SMARTS) is 1. The molecule has 4 atom stereocenters. The van der Waals surface area contributed by atoms with E-state index in [9.17, 15) is 14.7 Å². The summed E-state index contributed by atoms with van der Waals surface area (Å²) in [4.78, 5) is 29.6. The van der Waals surface area contributed by atoms with Crippen LogP contribution in [-0.2, 0) is 16.1 Å². The van der Waals surface area contributed by atoms with Crippen LogP contribution in [0.3, 0.4) is 0 Å². The lowest BCUT2D eigenvalue weighted by molar-refractivity contribution is -0.180. The molecular formula is C30H34Cl2N2O5. The average Bonchev–Trinajstić information content (AvgIpc) is 3.78. The van der Waals surface area contributed by atoms with Crippen molar-refractivity contribution in [1.82, 2.24) is 9.80 Å². The van der Waals surface area contributed by atoms with Gasteiger partial charge in [0.05, 0.1) is 23.7 Å². The molecule has 3 fully saturated rings. The summed E-state index contributed by atoms with van der Waals surface area (Å²) < 4.78 is 12.5. The van der Waals surface area contributed by atoms with Crippen molar-refractivity contribution in [3.05, 3.63) is 63.1 Å². The van der Waals surface area contributed by atoms with Crippen LogP contribution >= 0.6 is 23.2 Å². The number of fused-ring (bicyclic) bond motifs is 1. The van der Waals surface area contributed by atoms with E-state index in [0.717, 1.165) is 49.9 Å². The highest BCUT2D eigenvalue weighted by Crippen LogP contribution is 2.49. The second-order valence-corrected chi connectivity index (χ2v) is 12.5. The van der Waals surface area contributed by atoms with Crippen molar-refractivity contribution in [2.75, 3.05) is 26.4 Å². The lowest BCUT2D eigenvalue weighted by Crippen LogP contribution is -2.59. The first-order valence-electron chi connectivity index (χ1n) is 13.9. The quantitative estimate of drug-likeness (QED) is 0.486. The van der Waals surface area contributed by atoms with Gasteiger partial charge in [0, 0.05) is 23.2 Å². The van der Waals surface area contributed by atoms with Crippen LogP contribution < -0.4 is 4.74 Å². The number of hydrogen-bond acceptors (Lipinski definition) is 5. The molecule has 208 valence electrons. The van der Waals surface area contributed by atoms with E-state index in [2.05, 4.69) is 11.8 Å². The fourth-order valence-electron chi connectivity index (χ4n) is 6.88. The summed E-state index contributed by atoms with van der Waals surface area (Å²) in [6, 6.07) is 11.1. The number of rotatable bonds is 5. The molecule has 0 bridgehead atoms. The zero-order chi connectivity index (χ0) is 27.3. The van der Waals surface area contributed by atoms with Gasteiger partial charge >= 0.3 is 5.97 Å². The zero-order valence-corrected chi connectivity index (χ0v) is 23.6. The van der Waals surface area contributed by atoms with E-state index < -0.39 is 11.6 Å². The first kappa shape index (κ1) is 26.9. The van der Waals surface area contributed by atoms with Gasteiger partial charge in [-0.05, 0) is 86.2 Å². The lowest BCUT2D eigenvalue weighted by atomic mass is 9.79. The Hall–Kier alpha value is -2.32. The molecule has 9 heteroatoms. The van der Waals surface area contributed by atoms with Crippen molar-refractivity contribution in [3.8, 4) is 5.75 Å². The van der Waals surface area contributed by atoms with E-state index in [0.29, 0.717) is 52.8 Å². The molecule has 1 amide bonds. The smallest absolute Gasteiger partial charge is 0.335 e. The fraction of sp³-hybridized carbons (Fsp3) is 0.533. The van der Waals surface area contributed by atoms with Crippen LogP contribution in [0.5, 0.6) is 5.75 Å². The second kappa shape index (κ2) is 10.6. The first-order valence-corrected chi connectivity index (χ1v) is 14.6. The van der Waals surface area contributed by atoms with Crippen molar-refractivity contribution in [3.63, 3.8) is 0 Å². The summed E-state index contributed by atoms with van der Waals surface area (Å²) in [5.74, 6) is 0.701. The molecule has 1 aliphatic carbocycles. The molecule has 1 saturated carbocycles. The standard InChI is InChI=1S/C30H34Cl2N2O5/c1-18-14-33(10-8-25(18)19-3-2-4-20(11-19)28(35)36)24-7-9-30(39-16-24,22-5-6-22)29(37)34-15-21-12-23(31)13-26(32)27(21)38-17-34/h2-4,11-13,18,22,24-25H,5-10,14-17H2,1H3,(H,35,36)/t18-,24+,25-,30-/m0/s1. The van der Waals surface area contributed by atoms with Gasteiger partial charge in [-0.1, -0.05) is 42.3 Å². The molecule has 4 aliphatic rings. The Morgan fingerprint density at radius 2 is 1.92 bits per heavy atom. The number of hydrogen-bond donors (Lipinski definition) is 1. The highest BCUT2D eigenvalue weighted by Gasteiger charge is 2.56. The number of likely N-dealkylation sites (tertiary alicyclic amines) is 1. The molecule has 6 rings (SSSR count). The minimum atomic E-state index is -0.886. The predicted octanol–water partition coefficient (Wildman–Crippen LogP) is 5.82. The molecule has 3 aliphatic heterocycles. The molecule has 2 aromatic carbocycles. The van der Waals surface area contributed by atoms with E-state index in [1.165, 1.54) is 0 Å². The topological polar surface area (TPSA) is 79.3 Å². The Bertz CT molecular complexity index is 1270. The molecule has 0 aromatic heterocycles. The van der Waals surface area contributed by atoms with E-state index >= 15 is 0 Å². The summed E-state index contributed by atoms with van der Waals surface area (Å²) in [7, 11) is 0. The normalized spacial score (nSPS) is 29.4. The number of carbonyl (C=O) groups is 2. The van der Waals surface area contributed by atoms with Crippen LogP contribution in [0.4, 0.5) is 0 Å². The van der Waals surface area contributed by atoms with E-state index in [1.807, 2.05) is 24.3 Å². The Morgan fingerprint density at radius 1 is 1.10 bits per heavy atom. The Morgan fingerprint density at radius 3 is 2.62 bits per heavy atom. The summed E-state index contributed by atoms with van der Waals surface area (Å²) in [6.45, 7) is 5.21. The van der Waals surface area contributed by atoms with Crippen LogP contribution in [0.15, 0.2) is 36.4 Å². The third-order valence-corrected chi connectivity index (χ3v) is 9.59. The van der Waals surface area contributed by atoms with Crippen LogP contribution in [0.2, 0.25) is 10.0 Å². The summed E-state index contributed by atoms with van der Waals surface area (Å²) in [6.07, 6.45) is 4.62. The number of aromatic carboxylic acids is 1. The fourth-order valence-corrected chi connectivity index (χ4v) is 7.47. The molecule has 0 unspecified atom stereocenters. The third kappa shape index (κ3) is 5.15. The number of nitrogens with zero attached hydrogens (tertiary/aromatic N) is 2. The zero-order valence-electron chi connectivity index (χ0n) is 22.1. The van der Waals surface area contributed by atoms with Crippen molar-refractivity contribution in [2.24, 2.45) is 11.8 Å². The maximum Gasteiger partial charge on any atom is 0.335 e. The highest BCUT2D eigenvalue weighted by atomic mass is 35.5. The van der Waals surface area contributed by atoms with Gasteiger partial charge in [0.15, 0.2) is 6.73 Å². The van der Waals surface area contributed by atoms with Gasteiger partial charge in [0.1, 0.15) is 11.4 Å². The van der Waals surface area contributed by atoms with Gasteiger partial charge in [0.25, 0.3) is 5.91 Å².